The molecule has 2 aromatic rings. The van der Waals surface area contributed by atoms with Crippen LogP contribution in [0.2, 0.25) is 0 Å². The Morgan fingerprint density at radius 2 is 1.84 bits per heavy atom. The maximum atomic E-state index is 13.6. The molecule has 0 saturated heterocycles. The Balaban J connectivity index is 2.28. The summed E-state index contributed by atoms with van der Waals surface area (Å²) in [5.74, 6) is -2.53. The van der Waals surface area contributed by atoms with Crippen LogP contribution in [-0.2, 0) is 4.79 Å². The molecule has 0 aliphatic rings. The number of amides is 2. The molecule has 166 valence electrons. The highest BCUT2D eigenvalue weighted by Crippen LogP contribution is 2.31. The topological polar surface area (TPSA) is 101 Å². The lowest BCUT2D eigenvalue weighted by atomic mass is 10.0. The zero-order valence-electron chi connectivity index (χ0n) is 17.3. The first-order valence-corrected chi connectivity index (χ1v) is 10.5. The third-order valence-corrected chi connectivity index (χ3v) is 5.53. The van der Waals surface area contributed by atoms with E-state index in [2.05, 4.69) is 24.5 Å². The Morgan fingerprint density at radius 3 is 2.42 bits per heavy atom. The second kappa shape index (κ2) is 10.9. The third-order valence-electron chi connectivity index (χ3n) is 4.43. The van der Waals surface area contributed by atoms with Crippen LogP contribution in [0, 0.1) is 27.7 Å². The first kappa shape index (κ1) is 24.3. The highest BCUT2D eigenvalue weighted by Gasteiger charge is 2.25. The van der Waals surface area contributed by atoms with Crippen molar-refractivity contribution in [2.24, 2.45) is 5.92 Å². The third kappa shape index (κ3) is 6.48. The van der Waals surface area contributed by atoms with Gasteiger partial charge in [-0.1, -0.05) is 19.9 Å². The Kier molecular flexibility index (Phi) is 8.49. The van der Waals surface area contributed by atoms with Crippen molar-refractivity contribution < 1.29 is 23.3 Å². The van der Waals surface area contributed by atoms with Crippen molar-refractivity contribution in [3.63, 3.8) is 0 Å². The number of nitro benzene ring substituents is 1. The van der Waals surface area contributed by atoms with Gasteiger partial charge < -0.3 is 10.6 Å². The fraction of sp³-hybridized carbons (Fsp3) is 0.333. The van der Waals surface area contributed by atoms with Gasteiger partial charge in [-0.25, -0.2) is 8.78 Å². The largest absolute Gasteiger partial charge is 0.357 e. The Labute approximate surface area is 182 Å². The number of rotatable bonds is 9. The van der Waals surface area contributed by atoms with E-state index in [9.17, 15) is 28.5 Å². The summed E-state index contributed by atoms with van der Waals surface area (Å²) in [5, 5.41) is 16.2. The highest BCUT2D eigenvalue weighted by atomic mass is 32.2. The number of halogens is 2. The van der Waals surface area contributed by atoms with Crippen LogP contribution >= 0.6 is 11.8 Å². The van der Waals surface area contributed by atoms with E-state index in [0.29, 0.717) is 16.6 Å². The van der Waals surface area contributed by atoms with Crippen molar-refractivity contribution in [2.45, 2.75) is 31.2 Å². The number of nitro groups is 1. The van der Waals surface area contributed by atoms with Crippen LogP contribution in [0.4, 0.5) is 14.5 Å². The Morgan fingerprint density at radius 1 is 1.13 bits per heavy atom. The molecule has 0 fully saturated rings. The van der Waals surface area contributed by atoms with Gasteiger partial charge in [0.05, 0.1) is 9.82 Å². The molecule has 0 aliphatic carbocycles. The summed E-state index contributed by atoms with van der Waals surface area (Å²) in [4.78, 5) is 36.3. The van der Waals surface area contributed by atoms with Gasteiger partial charge in [-0.3, -0.25) is 19.7 Å². The highest BCUT2D eigenvalue weighted by molar-refractivity contribution is 7.99. The first-order valence-electron chi connectivity index (χ1n) is 9.52. The standard InChI is InChI=1S/C21H23F2N3O4S/c1-12(2)8-9-31-18-7-5-14(11-17(18)26(29)30)20(27)25-19(21(28)24-3)13-4-6-15(22)16(23)10-13/h4-7,10-12,19H,8-9H2,1-3H3,(H,24,28)(H,25,27). The first-order chi connectivity index (χ1) is 14.6. The number of carbonyl (C=O) groups excluding carboxylic acids is 2. The van der Waals surface area contributed by atoms with Gasteiger partial charge >= 0.3 is 0 Å². The van der Waals surface area contributed by atoms with E-state index in [-0.39, 0.29) is 16.8 Å². The molecule has 31 heavy (non-hydrogen) atoms. The normalized spacial score (nSPS) is 11.8. The molecule has 0 aromatic heterocycles. The van der Waals surface area contributed by atoms with E-state index in [1.165, 1.54) is 37.0 Å². The van der Waals surface area contributed by atoms with Crippen LogP contribution in [0.1, 0.15) is 42.2 Å². The second-order valence-corrected chi connectivity index (χ2v) is 8.30. The van der Waals surface area contributed by atoms with Crippen molar-refractivity contribution in [1.82, 2.24) is 10.6 Å². The molecular formula is C21H23F2N3O4S. The number of nitrogens with zero attached hydrogens (tertiary/aromatic N) is 1. The van der Waals surface area contributed by atoms with Crippen molar-refractivity contribution in [1.29, 1.82) is 0 Å². The van der Waals surface area contributed by atoms with Crippen molar-refractivity contribution in [3.8, 4) is 0 Å². The van der Waals surface area contributed by atoms with E-state index in [0.717, 1.165) is 24.6 Å². The molecule has 0 radical (unpaired) electrons. The average molecular weight is 451 g/mol. The SMILES string of the molecule is CNC(=O)C(NC(=O)c1ccc(SCCC(C)C)c([N+](=O)[O-])c1)c1ccc(F)c(F)c1. The summed E-state index contributed by atoms with van der Waals surface area (Å²) in [7, 11) is 1.33. The summed E-state index contributed by atoms with van der Waals surface area (Å²) < 4.78 is 26.8. The van der Waals surface area contributed by atoms with E-state index in [1.807, 2.05) is 0 Å². The predicted molar refractivity (Wildman–Crippen MR) is 114 cm³/mol. The smallest absolute Gasteiger partial charge is 0.283 e. The molecule has 0 heterocycles. The molecule has 0 bridgehead atoms. The maximum Gasteiger partial charge on any atom is 0.283 e. The number of hydrogen-bond donors (Lipinski definition) is 2. The molecular weight excluding hydrogens is 428 g/mol. The molecule has 2 rings (SSSR count). The van der Waals surface area contributed by atoms with E-state index < -0.39 is 34.4 Å². The number of carbonyl (C=O) groups is 2. The van der Waals surface area contributed by atoms with Crippen molar-refractivity contribution in [3.05, 3.63) is 69.3 Å². The monoisotopic (exact) mass is 451 g/mol. The molecule has 2 aromatic carbocycles. The Bertz CT molecular complexity index is 985. The molecule has 0 saturated carbocycles. The molecule has 2 N–H and O–H groups in total. The number of nitrogens with one attached hydrogen (secondary N) is 2. The number of benzene rings is 2. The summed E-state index contributed by atoms with van der Waals surface area (Å²) >= 11 is 1.33. The molecule has 7 nitrogen and oxygen atoms in total. The van der Waals surface area contributed by atoms with Gasteiger partial charge in [0, 0.05) is 18.7 Å². The lowest BCUT2D eigenvalue weighted by Crippen LogP contribution is -2.39. The summed E-state index contributed by atoms with van der Waals surface area (Å²) in [6.45, 7) is 4.11. The molecule has 0 spiro atoms. The Hall–Kier alpha value is -3.01. The van der Waals surface area contributed by atoms with Crippen LogP contribution in [0.5, 0.6) is 0 Å². The van der Waals surface area contributed by atoms with Crippen LogP contribution in [0.3, 0.4) is 0 Å². The summed E-state index contributed by atoms with van der Waals surface area (Å²) in [6.07, 6.45) is 0.881. The number of hydrogen-bond acceptors (Lipinski definition) is 5. The summed E-state index contributed by atoms with van der Waals surface area (Å²) in [6, 6.07) is 5.57. The maximum absolute atomic E-state index is 13.6. The minimum Gasteiger partial charge on any atom is -0.357 e. The predicted octanol–water partition coefficient (Wildman–Crippen LogP) is 4.23. The molecule has 1 unspecified atom stereocenters. The zero-order valence-corrected chi connectivity index (χ0v) is 18.1. The molecule has 2 amide bonds. The average Bonchev–Trinajstić information content (AvgIpc) is 2.73. The summed E-state index contributed by atoms with van der Waals surface area (Å²) in [5.41, 5.74) is -0.218. The van der Waals surface area contributed by atoms with Crippen molar-refractivity contribution in [2.75, 3.05) is 12.8 Å². The van der Waals surface area contributed by atoms with Crippen LogP contribution in [0.25, 0.3) is 0 Å². The molecule has 10 heteroatoms. The molecule has 0 aliphatic heterocycles. The number of likely N-dealkylation sites (N-methyl/N-ethyl adjacent to an activating group) is 1. The van der Waals surface area contributed by atoms with Gasteiger partial charge in [-0.15, -0.1) is 11.8 Å². The van der Waals surface area contributed by atoms with Gasteiger partial charge in [0.2, 0.25) is 5.91 Å². The lowest BCUT2D eigenvalue weighted by Gasteiger charge is -2.18. The minimum absolute atomic E-state index is 0.0296. The van der Waals surface area contributed by atoms with Gasteiger partial charge in [-0.2, -0.15) is 0 Å². The van der Waals surface area contributed by atoms with E-state index in [4.69, 9.17) is 0 Å². The van der Waals surface area contributed by atoms with Gasteiger partial charge in [0.25, 0.3) is 11.6 Å². The van der Waals surface area contributed by atoms with E-state index >= 15 is 0 Å². The van der Waals surface area contributed by atoms with E-state index in [1.54, 1.807) is 0 Å². The van der Waals surface area contributed by atoms with Crippen molar-refractivity contribution >= 4 is 29.3 Å². The second-order valence-electron chi connectivity index (χ2n) is 7.16. The minimum atomic E-state index is -1.31. The van der Waals surface area contributed by atoms with Gasteiger partial charge in [-0.05, 0) is 47.9 Å². The van der Waals surface area contributed by atoms with Crippen LogP contribution in [0.15, 0.2) is 41.3 Å². The zero-order chi connectivity index (χ0) is 23.1. The van der Waals surface area contributed by atoms with Gasteiger partial charge in [0.1, 0.15) is 6.04 Å². The fourth-order valence-corrected chi connectivity index (χ4v) is 3.93. The quantitative estimate of drug-likeness (QED) is 0.338. The molecule has 1 atom stereocenters. The van der Waals surface area contributed by atoms with Crippen LogP contribution in [-0.4, -0.2) is 29.5 Å². The fourth-order valence-electron chi connectivity index (χ4n) is 2.68. The van der Waals surface area contributed by atoms with Gasteiger partial charge in [0.15, 0.2) is 11.6 Å². The number of thioether (sulfide) groups is 1. The lowest BCUT2D eigenvalue weighted by molar-refractivity contribution is -0.387. The van der Waals surface area contributed by atoms with Crippen LogP contribution < -0.4 is 10.6 Å².